The number of guanidine groups is 1. The van der Waals surface area contributed by atoms with E-state index in [9.17, 15) is 14.4 Å². The third-order valence-electron chi connectivity index (χ3n) is 6.24. The van der Waals surface area contributed by atoms with Gasteiger partial charge in [0.15, 0.2) is 5.96 Å². The number of anilines is 3. The molecule has 1 saturated carbocycles. The van der Waals surface area contributed by atoms with Gasteiger partial charge in [-0.2, -0.15) is 0 Å². The van der Waals surface area contributed by atoms with E-state index in [0.29, 0.717) is 42.5 Å². The van der Waals surface area contributed by atoms with Crippen LogP contribution in [0.3, 0.4) is 0 Å². The summed E-state index contributed by atoms with van der Waals surface area (Å²) in [5.41, 5.74) is 7.80. The zero-order valence-electron chi connectivity index (χ0n) is 18.4. The summed E-state index contributed by atoms with van der Waals surface area (Å²) >= 11 is 0. The molecule has 2 aromatic rings. The van der Waals surface area contributed by atoms with Crippen molar-refractivity contribution >= 4 is 40.7 Å². The van der Waals surface area contributed by atoms with Crippen LogP contribution in [0.4, 0.5) is 21.5 Å². The molecule has 0 unspecified atom stereocenters. The molecule has 176 valence electrons. The van der Waals surface area contributed by atoms with Gasteiger partial charge in [-0.3, -0.25) is 29.6 Å². The van der Waals surface area contributed by atoms with Crippen LogP contribution < -0.4 is 26.6 Å². The average Bonchev–Trinajstić information content (AvgIpc) is 3.39. The molecule has 0 bridgehead atoms. The largest absolute Gasteiger partial charge is 0.368 e. The number of hydrogen-bond acceptors (Lipinski definition) is 6. The van der Waals surface area contributed by atoms with Crippen molar-refractivity contribution in [3.63, 3.8) is 0 Å². The van der Waals surface area contributed by atoms with Crippen molar-refractivity contribution in [1.82, 2.24) is 10.6 Å². The fourth-order valence-electron chi connectivity index (χ4n) is 4.42. The molecule has 0 aromatic heterocycles. The Labute approximate surface area is 195 Å². The molecule has 34 heavy (non-hydrogen) atoms. The van der Waals surface area contributed by atoms with E-state index in [2.05, 4.69) is 20.9 Å². The van der Waals surface area contributed by atoms with E-state index >= 15 is 4.39 Å². The molecule has 1 atom stereocenters. The van der Waals surface area contributed by atoms with Gasteiger partial charge in [-0.1, -0.05) is 6.07 Å². The first-order valence-electron chi connectivity index (χ1n) is 11.3. The third kappa shape index (κ3) is 4.30. The Morgan fingerprint density at radius 3 is 2.71 bits per heavy atom. The van der Waals surface area contributed by atoms with Gasteiger partial charge in [0.2, 0.25) is 11.8 Å². The van der Waals surface area contributed by atoms with Gasteiger partial charge in [-0.25, -0.2) is 4.39 Å². The monoisotopic (exact) mass is 464 g/mol. The van der Waals surface area contributed by atoms with Crippen molar-refractivity contribution in [1.29, 1.82) is 0 Å². The summed E-state index contributed by atoms with van der Waals surface area (Å²) in [5.74, 6) is -1.15. The molecule has 9 nitrogen and oxygen atoms in total. The summed E-state index contributed by atoms with van der Waals surface area (Å²) in [4.78, 5) is 42.3. The van der Waals surface area contributed by atoms with Crippen molar-refractivity contribution in [3.8, 4) is 0 Å². The summed E-state index contributed by atoms with van der Waals surface area (Å²) in [6.07, 6.45) is 2.45. The van der Waals surface area contributed by atoms with Crippen molar-refractivity contribution in [2.24, 2.45) is 10.7 Å². The van der Waals surface area contributed by atoms with E-state index in [1.54, 1.807) is 30.3 Å². The van der Waals surface area contributed by atoms with Gasteiger partial charge in [0.05, 0.1) is 12.2 Å². The van der Waals surface area contributed by atoms with Gasteiger partial charge in [0.25, 0.3) is 5.91 Å². The fourth-order valence-corrected chi connectivity index (χ4v) is 4.42. The van der Waals surface area contributed by atoms with Gasteiger partial charge in [-0.05, 0) is 61.1 Å². The number of halogens is 1. The van der Waals surface area contributed by atoms with Crippen LogP contribution in [0.2, 0.25) is 0 Å². The molecule has 5 rings (SSSR count). The maximum Gasteiger partial charge on any atom is 0.258 e. The second-order valence-electron chi connectivity index (χ2n) is 8.70. The molecule has 2 heterocycles. The van der Waals surface area contributed by atoms with Crippen LogP contribution in [0, 0.1) is 5.82 Å². The van der Waals surface area contributed by atoms with Gasteiger partial charge in [0.1, 0.15) is 11.9 Å². The quantitative estimate of drug-likeness (QED) is 0.521. The minimum atomic E-state index is -0.696. The van der Waals surface area contributed by atoms with Crippen LogP contribution in [0.5, 0.6) is 0 Å². The minimum Gasteiger partial charge on any atom is -0.368 e. The Kier molecular flexibility index (Phi) is 5.64. The van der Waals surface area contributed by atoms with Gasteiger partial charge < -0.3 is 16.4 Å². The summed E-state index contributed by atoms with van der Waals surface area (Å²) in [6.45, 7) is 1.24. The Balaban J connectivity index is 1.42. The van der Waals surface area contributed by atoms with Crippen LogP contribution in [0.25, 0.3) is 0 Å². The molecule has 2 aliphatic heterocycles. The number of benzene rings is 2. The summed E-state index contributed by atoms with van der Waals surface area (Å²) in [6, 6.07) is 9.12. The molecular formula is C24H25FN6O3. The number of carbonyl (C=O) groups is 3. The summed E-state index contributed by atoms with van der Waals surface area (Å²) < 4.78 is 15.3. The van der Waals surface area contributed by atoms with Crippen molar-refractivity contribution in [2.45, 2.75) is 37.6 Å². The van der Waals surface area contributed by atoms with Gasteiger partial charge in [-0.15, -0.1) is 0 Å². The van der Waals surface area contributed by atoms with Crippen LogP contribution >= 0.6 is 0 Å². The molecule has 3 aliphatic rings. The molecule has 1 saturated heterocycles. The Morgan fingerprint density at radius 2 is 2.00 bits per heavy atom. The summed E-state index contributed by atoms with van der Waals surface area (Å²) in [5, 5.41) is 8.76. The molecule has 0 radical (unpaired) electrons. The number of nitrogens with zero attached hydrogens (tertiary/aromatic N) is 2. The second kappa shape index (κ2) is 8.77. The zero-order valence-corrected chi connectivity index (χ0v) is 18.4. The Morgan fingerprint density at radius 1 is 1.18 bits per heavy atom. The van der Waals surface area contributed by atoms with Crippen LogP contribution in [-0.4, -0.2) is 42.8 Å². The first kappa shape index (κ1) is 21.9. The number of aliphatic imine (C=N–C) groups is 1. The van der Waals surface area contributed by atoms with E-state index in [0.717, 1.165) is 18.4 Å². The number of carbonyl (C=O) groups excluding carboxylic acids is 3. The van der Waals surface area contributed by atoms with Crippen LogP contribution in [-0.2, 0) is 9.59 Å². The Hall–Kier alpha value is -3.95. The highest BCUT2D eigenvalue weighted by Gasteiger charge is 2.36. The maximum absolute atomic E-state index is 15.3. The first-order chi connectivity index (χ1) is 16.4. The highest BCUT2D eigenvalue weighted by molar-refractivity contribution is 6.06. The van der Waals surface area contributed by atoms with Crippen LogP contribution in [0.15, 0.2) is 41.4 Å². The molecular weight excluding hydrogens is 439 g/mol. The standard InChI is InChI=1S/C24H25FN6O3/c25-18-11-14(23(34)30-24-27-8-9-28-24)10-17(13-4-5-13)21(18)29-15-2-1-3-16(12-15)31-19(22(26)33)6-7-20(31)32/h1-3,10-13,19,29H,4-9H2,(H2,26,33)(H2,27,28,30,34)/t19-/m1/s1. The molecule has 3 amide bonds. The average molecular weight is 465 g/mol. The molecule has 0 spiro atoms. The van der Waals surface area contributed by atoms with E-state index in [1.807, 2.05) is 0 Å². The maximum atomic E-state index is 15.3. The van der Waals surface area contributed by atoms with E-state index in [1.165, 1.54) is 11.0 Å². The normalized spacial score (nSPS) is 19.6. The van der Waals surface area contributed by atoms with Crippen molar-refractivity contribution < 1.29 is 18.8 Å². The predicted octanol–water partition coefficient (Wildman–Crippen LogP) is 2.12. The lowest BCUT2D eigenvalue weighted by Crippen LogP contribution is -2.42. The number of nitrogens with one attached hydrogen (secondary N) is 3. The highest BCUT2D eigenvalue weighted by Crippen LogP contribution is 2.45. The molecule has 1 aliphatic carbocycles. The predicted molar refractivity (Wildman–Crippen MR) is 126 cm³/mol. The lowest BCUT2D eigenvalue weighted by atomic mass is 10.0. The number of amides is 3. The second-order valence-corrected chi connectivity index (χ2v) is 8.70. The molecule has 5 N–H and O–H groups in total. The van der Waals surface area contributed by atoms with E-state index in [4.69, 9.17) is 5.73 Å². The SMILES string of the molecule is NC(=O)[C@H]1CCC(=O)N1c1cccc(Nc2c(F)cc(C(=O)NC3=NCCN3)cc2C2CC2)c1. The Bertz CT molecular complexity index is 1210. The first-order valence-corrected chi connectivity index (χ1v) is 11.3. The fraction of sp³-hybridized carbons (Fsp3) is 0.333. The molecule has 2 fully saturated rings. The smallest absolute Gasteiger partial charge is 0.258 e. The minimum absolute atomic E-state index is 0.161. The number of nitrogens with two attached hydrogens (primary N) is 1. The number of hydrogen-bond donors (Lipinski definition) is 4. The zero-order chi connectivity index (χ0) is 23.8. The lowest BCUT2D eigenvalue weighted by molar-refractivity contribution is -0.121. The summed E-state index contributed by atoms with van der Waals surface area (Å²) in [7, 11) is 0. The topological polar surface area (TPSA) is 129 Å². The van der Waals surface area contributed by atoms with E-state index in [-0.39, 0.29) is 23.8 Å². The third-order valence-corrected chi connectivity index (χ3v) is 6.24. The number of rotatable bonds is 6. The van der Waals surface area contributed by atoms with Crippen molar-refractivity contribution in [3.05, 3.63) is 53.3 Å². The molecule has 10 heteroatoms. The van der Waals surface area contributed by atoms with Gasteiger partial charge in [0, 0.05) is 29.9 Å². The van der Waals surface area contributed by atoms with Crippen LogP contribution in [0.1, 0.15) is 47.5 Å². The lowest BCUT2D eigenvalue weighted by Gasteiger charge is -2.23. The van der Waals surface area contributed by atoms with Crippen molar-refractivity contribution in [2.75, 3.05) is 23.3 Å². The van der Waals surface area contributed by atoms with E-state index < -0.39 is 23.7 Å². The number of primary amides is 1. The highest BCUT2D eigenvalue weighted by atomic mass is 19.1. The molecule has 2 aromatic carbocycles. The van der Waals surface area contributed by atoms with Gasteiger partial charge >= 0.3 is 0 Å².